The Kier molecular flexibility index (Phi) is 6.97. The predicted octanol–water partition coefficient (Wildman–Crippen LogP) is 5.62. The van der Waals surface area contributed by atoms with Gasteiger partial charge in [0.1, 0.15) is 12.4 Å². The predicted molar refractivity (Wildman–Crippen MR) is 114 cm³/mol. The number of hydrogen-bond donors (Lipinski definition) is 0. The first-order valence-corrected chi connectivity index (χ1v) is 10.5. The van der Waals surface area contributed by atoms with Gasteiger partial charge in [-0.1, -0.05) is 19.1 Å². The van der Waals surface area contributed by atoms with E-state index in [1.807, 2.05) is 6.92 Å². The molecule has 0 saturated carbocycles. The van der Waals surface area contributed by atoms with Crippen LogP contribution in [-0.4, -0.2) is 29.7 Å². The number of amides is 2. The Bertz CT molecular complexity index is 979. The molecule has 1 heterocycles. The molecule has 5 nitrogen and oxygen atoms in total. The van der Waals surface area contributed by atoms with Gasteiger partial charge in [0, 0.05) is 6.54 Å². The second-order valence-electron chi connectivity index (χ2n) is 6.29. The largest absolute Gasteiger partial charge is 0.493 e. The van der Waals surface area contributed by atoms with Gasteiger partial charge in [-0.05, 0) is 75.6 Å². The Morgan fingerprint density at radius 3 is 2.72 bits per heavy atom. The van der Waals surface area contributed by atoms with Crippen LogP contribution >= 0.6 is 27.7 Å². The van der Waals surface area contributed by atoms with Gasteiger partial charge in [0.05, 0.1) is 16.5 Å². The number of methoxy groups -OCH3 is 1. The molecule has 0 aromatic heterocycles. The van der Waals surface area contributed by atoms with E-state index in [9.17, 15) is 14.0 Å². The fourth-order valence-electron chi connectivity index (χ4n) is 2.81. The summed E-state index contributed by atoms with van der Waals surface area (Å²) in [7, 11) is 1.51. The van der Waals surface area contributed by atoms with Crippen molar-refractivity contribution in [1.82, 2.24) is 4.90 Å². The van der Waals surface area contributed by atoms with Crippen LogP contribution in [0.15, 0.2) is 45.8 Å². The molecular formula is C21H19BrFNO4S. The minimum atomic E-state index is -0.329. The van der Waals surface area contributed by atoms with Gasteiger partial charge in [-0.25, -0.2) is 4.39 Å². The monoisotopic (exact) mass is 479 g/mol. The van der Waals surface area contributed by atoms with E-state index in [2.05, 4.69) is 15.9 Å². The van der Waals surface area contributed by atoms with Crippen LogP contribution in [-0.2, 0) is 11.4 Å². The van der Waals surface area contributed by atoms with Crippen molar-refractivity contribution in [2.24, 2.45) is 0 Å². The molecule has 0 atom stereocenters. The SMILES string of the molecule is CCCN1C(=O)S/C(=C/c2cc(Br)c(OCc3cccc(F)c3)c(OC)c2)C1=O. The van der Waals surface area contributed by atoms with Crippen molar-refractivity contribution in [3.05, 3.63) is 62.7 Å². The van der Waals surface area contributed by atoms with Crippen LogP contribution in [0.3, 0.4) is 0 Å². The van der Waals surface area contributed by atoms with Gasteiger partial charge in [0.15, 0.2) is 11.5 Å². The Morgan fingerprint density at radius 2 is 2.03 bits per heavy atom. The third-order valence-corrected chi connectivity index (χ3v) is 5.64. The lowest BCUT2D eigenvalue weighted by atomic mass is 10.1. The van der Waals surface area contributed by atoms with Gasteiger partial charge >= 0.3 is 0 Å². The fraction of sp³-hybridized carbons (Fsp3) is 0.238. The van der Waals surface area contributed by atoms with Gasteiger partial charge < -0.3 is 9.47 Å². The lowest BCUT2D eigenvalue weighted by Crippen LogP contribution is -2.28. The van der Waals surface area contributed by atoms with Crippen LogP contribution in [0.2, 0.25) is 0 Å². The van der Waals surface area contributed by atoms with E-state index in [1.165, 1.54) is 24.1 Å². The van der Waals surface area contributed by atoms with Crippen LogP contribution in [0, 0.1) is 5.82 Å². The molecule has 0 spiro atoms. The zero-order valence-electron chi connectivity index (χ0n) is 15.9. The Labute approximate surface area is 181 Å². The summed E-state index contributed by atoms with van der Waals surface area (Å²) >= 11 is 4.39. The van der Waals surface area contributed by atoms with Crippen LogP contribution in [0.25, 0.3) is 6.08 Å². The number of benzene rings is 2. The van der Waals surface area contributed by atoms with E-state index in [0.717, 1.165) is 11.8 Å². The maximum Gasteiger partial charge on any atom is 0.293 e. The highest BCUT2D eigenvalue weighted by atomic mass is 79.9. The van der Waals surface area contributed by atoms with E-state index in [1.54, 1.807) is 30.3 Å². The summed E-state index contributed by atoms with van der Waals surface area (Å²) in [6, 6.07) is 9.66. The van der Waals surface area contributed by atoms with Crippen LogP contribution < -0.4 is 9.47 Å². The number of ether oxygens (including phenoxy) is 2. The third-order valence-electron chi connectivity index (χ3n) is 4.14. The summed E-state index contributed by atoms with van der Waals surface area (Å²) in [5, 5.41) is -0.260. The van der Waals surface area contributed by atoms with Gasteiger partial charge in [-0.3, -0.25) is 14.5 Å². The van der Waals surface area contributed by atoms with Gasteiger partial charge in [0.2, 0.25) is 0 Å². The number of carbonyl (C=O) groups excluding carboxylic acids is 2. The highest BCUT2D eigenvalue weighted by molar-refractivity contribution is 9.10. The van der Waals surface area contributed by atoms with Gasteiger partial charge in [0.25, 0.3) is 11.1 Å². The summed E-state index contributed by atoms with van der Waals surface area (Å²) in [4.78, 5) is 26.0. The average molecular weight is 480 g/mol. The zero-order chi connectivity index (χ0) is 21.0. The van der Waals surface area contributed by atoms with Crippen LogP contribution in [0.1, 0.15) is 24.5 Å². The van der Waals surface area contributed by atoms with Crippen molar-refractivity contribution in [2.45, 2.75) is 20.0 Å². The van der Waals surface area contributed by atoms with Crippen LogP contribution in [0.5, 0.6) is 11.5 Å². The lowest BCUT2D eigenvalue weighted by molar-refractivity contribution is -0.122. The van der Waals surface area contributed by atoms with E-state index >= 15 is 0 Å². The van der Waals surface area contributed by atoms with Crippen molar-refractivity contribution in [1.29, 1.82) is 0 Å². The molecular weight excluding hydrogens is 461 g/mol. The van der Waals surface area contributed by atoms with Crippen molar-refractivity contribution in [3.8, 4) is 11.5 Å². The Morgan fingerprint density at radius 1 is 1.24 bits per heavy atom. The van der Waals surface area contributed by atoms with Crippen molar-refractivity contribution in [3.63, 3.8) is 0 Å². The van der Waals surface area contributed by atoms with E-state index in [0.29, 0.717) is 45.0 Å². The topological polar surface area (TPSA) is 55.8 Å². The molecule has 1 saturated heterocycles. The van der Waals surface area contributed by atoms with Gasteiger partial charge in [-0.15, -0.1) is 0 Å². The molecule has 2 amide bonds. The summed E-state index contributed by atoms with van der Waals surface area (Å²) in [5.74, 6) is 0.302. The minimum Gasteiger partial charge on any atom is -0.493 e. The number of halogens is 2. The fourth-order valence-corrected chi connectivity index (χ4v) is 4.25. The maximum atomic E-state index is 13.3. The molecule has 0 radical (unpaired) electrons. The molecule has 0 aliphatic carbocycles. The molecule has 1 aliphatic heterocycles. The number of thioether (sulfide) groups is 1. The number of nitrogens with zero attached hydrogens (tertiary/aromatic N) is 1. The smallest absolute Gasteiger partial charge is 0.293 e. The highest BCUT2D eigenvalue weighted by Crippen LogP contribution is 2.39. The normalized spacial score (nSPS) is 15.3. The molecule has 29 heavy (non-hydrogen) atoms. The van der Waals surface area contributed by atoms with Crippen molar-refractivity contribution >= 4 is 44.9 Å². The number of rotatable bonds is 7. The number of hydrogen-bond acceptors (Lipinski definition) is 5. The first-order chi connectivity index (χ1) is 13.9. The highest BCUT2D eigenvalue weighted by Gasteiger charge is 2.34. The standard InChI is InChI=1S/C21H19BrFNO4S/c1-3-7-24-20(25)18(29-21(24)26)11-14-9-16(22)19(17(10-14)27-2)28-12-13-5-4-6-15(23)8-13/h4-6,8-11H,3,7,12H2,1-2H3/b18-11+. The second-order valence-corrected chi connectivity index (χ2v) is 8.13. The molecule has 0 N–H and O–H groups in total. The van der Waals surface area contributed by atoms with Gasteiger partial charge in [-0.2, -0.15) is 0 Å². The summed E-state index contributed by atoms with van der Waals surface area (Å²) < 4.78 is 25.2. The van der Waals surface area contributed by atoms with Crippen molar-refractivity contribution in [2.75, 3.05) is 13.7 Å². The number of carbonyl (C=O) groups is 2. The van der Waals surface area contributed by atoms with Crippen molar-refractivity contribution < 1.29 is 23.5 Å². The Balaban J connectivity index is 1.83. The molecule has 2 aromatic rings. The van der Waals surface area contributed by atoms with E-state index in [-0.39, 0.29) is 23.6 Å². The van der Waals surface area contributed by atoms with Crippen LogP contribution in [0.4, 0.5) is 9.18 Å². The quantitative estimate of drug-likeness (QED) is 0.482. The maximum absolute atomic E-state index is 13.3. The molecule has 1 aliphatic rings. The molecule has 1 fully saturated rings. The summed E-state index contributed by atoms with van der Waals surface area (Å²) in [6.07, 6.45) is 2.37. The molecule has 3 rings (SSSR count). The molecule has 8 heteroatoms. The molecule has 152 valence electrons. The third kappa shape index (κ3) is 5.00. The zero-order valence-corrected chi connectivity index (χ0v) is 18.3. The lowest BCUT2D eigenvalue weighted by Gasteiger charge is -2.14. The summed E-state index contributed by atoms with van der Waals surface area (Å²) in [6.45, 7) is 2.49. The summed E-state index contributed by atoms with van der Waals surface area (Å²) in [5.41, 5.74) is 1.38. The first kappa shape index (κ1) is 21.4. The molecule has 0 bridgehead atoms. The molecule has 2 aromatic carbocycles. The van der Waals surface area contributed by atoms with E-state index in [4.69, 9.17) is 9.47 Å². The average Bonchev–Trinajstić information content (AvgIpc) is 2.94. The number of imide groups is 1. The minimum absolute atomic E-state index is 0.169. The van der Waals surface area contributed by atoms with E-state index < -0.39 is 0 Å². The first-order valence-electron chi connectivity index (χ1n) is 8.93. The second kappa shape index (κ2) is 9.45. The Hall–Kier alpha value is -2.32. The molecule has 0 unspecified atom stereocenters.